The zero-order chi connectivity index (χ0) is 19.3. The molecule has 0 amide bonds. The zero-order valence-corrected chi connectivity index (χ0v) is 16.3. The molecule has 0 aliphatic heterocycles. The largest absolute Gasteiger partial charge is 0.340 e. The average molecular weight is 379 g/mol. The Morgan fingerprint density at radius 3 is 2.37 bits per heavy atom. The van der Waals surface area contributed by atoms with Gasteiger partial charge in [0.2, 0.25) is 10.0 Å². The van der Waals surface area contributed by atoms with Crippen LogP contribution in [0.5, 0.6) is 0 Å². The second kappa shape index (κ2) is 6.18. The Balaban J connectivity index is 1.88. The molecule has 0 saturated carbocycles. The van der Waals surface area contributed by atoms with E-state index in [4.69, 9.17) is 5.14 Å². The van der Waals surface area contributed by atoms with Gasteiger partial charge in [-0.25, -0.2) is 13.6 Å². The predicted molar refractivity (Wildman–Crippen MR) is 108 cm³/mol. The minimum absolute atomic E-state index is 0.0317. The third kappa shape index (κ3) is 3.01. The van der Waals surface area contributed by atoms with Crippen LogP contribution in [0.3, 0.4) is 0 Å². The molecule has 138 valence electrons. The van der Waals surface area contributed by atoms with E-state index in [0.717, 1.165) is 27.4 Å². The molecule has 2 heterocycles. The van der Waals surface area contributed by atoms with Gasteiger partial charge in [-0.3, -0.25) is 4.98 Å². The molecule has 1 atom stereocenters. The fraction of sp³-hybridized carbons (Fsp3) is 0.190. The van der Waals surface area contributed by atoms with Gasteiger partial charge in [0.1, 0.15) is 0 Å². The van der Waals surface area contributed by atoms with Crippen molar-refractivity contribution >= 4 is 31.8 Å². The van der Waals surface area contributed by atoms with E-state index < -0.39 is 10.0 Å². The molecule has 4 aromatic rings. The van der Waals surface area contributed by atoms with E-state index in [2.05, 4.69) is 54.7 Å². The number of primary sulfonamides is 1. The molecule has 0 aliphatic carbocycles. The van der Waals surface area contributed by atoms with E-state index in [-0.39, 0.29) is 10.9 Å². The van der Waals surface area contributed by atoms with Crippen molar-refractivity contribution in [3.8, 4) is 0 Å². The van der Waals surface area contributed by atoms with Gasteiger partial charge in [0.15, 0.2) is 0 Å². The van der Waals surface area contributed by atoms with Crippen LogP contribution in [0, 0.1) is 13.8 Å². The van der Waals surface area contributed by atoms with Crippen molar-refractivity contribution in [1.29, 1.82) is 0 Å². The number of fused-ring (bicyclic) bond motifs is 3. The normalized spacial score (nSPS) is 13.3. The monoisotopic (exact) mass is 379 g/mol. The molecule has 0 radical (unpaired) electrons. The summed E-state index contributed by atoms with van der Waals surface area (Å²) in [5, 5.41) is 7.40. The van der Waals surface area contributed by atoms with E-state index in [0.29, 0.717) is 0 Å². The van der Waals surface area contributed by atoms with Gasteiger partial charge in [-0.2, -0.15) is 0 Å². The number of nitrogens with zero attached hydrogens (tertiary/aromatic N) is 2. The molecule has 2 N–H and O–H groups in total. The van der Waals surface area contributed by atoms with Crippen molar-refractivity contribution < 1.29 is 8.42 Å². The number of hydrogen-bond donors (Lipinski definition) is 1. The lowest BCUT2D eigenvalue weighted by Crippen LogP contribution is -2.12. The Bertz CT molecular complexity index is 1270. The first kappa shape index (κ1) is 17.7. The third-order valence-corrected chi connectivity index (χ3v) is 6.19. The summed E-state index contributed by atoms with van der Waals surface area (Å²) in [4.78, 5) is 4.72. The van der Waals surface area contributed by atoms with Crippen molar-refractivity contribution in [3.63, 3.8) is 0 Å². The van der Waals surface area contributed by atoms with Crippen LogP contribution in [-0.4, -0.2) is 18.0 Å². The Morgan fingerprint density at radius 1 is 1.04 bits per heavy atom. The van der Waals surface area contributed by atoms with Crippen molar-refractivity contribution in [2.24, 2.45) is 5.14 Å². The summed E-state index contributed by atoms with van der Waals surface area (Å²) in [5.74, 6) is 0. The van der Waals surface area contributed by atoms with Gasteiger partial charge in [-0.1, -0.05) is 12.1 Å². The predicted octanol–water partition coefficient (Wildman–Crippen LogP) is 4.06. The second-order valence-corrected chi connectivity index (χ2v) is 8.59. The van der Waals surface area contributed by atoms with Gasteiger partial charge >= 0.3 is 0 Å². The minimum atomic E-state index is -3.69. The fourth-order valence-electron chi connectivity index (χ4n) is 3.52. The van der Waals surface area contributed by atoms with Crippen LogP contribution in [-0.2, 0) is 10.0 Å². The summed E-state index contributed by atoms with van der Waals surface area (Å²) in [5.41, 5.74) is 5.57. The molecule has 5 nitrogen and oxygen atoms in total. The first-order chi connectivity index (χ1) is 12.8. The van der Waals surface area contributed by atoms with E-state index in [9.17, 15) is 8.42 Å². The average Bonchev–Trinajstić information content (AvgIpc) is 3.06. The zero-order valence-electron chi connectivity index (χ0n) is 15.5. The summed E-state index contributed by atoms with van der Waals surface area (Å²) in [6, 6.07) is 13.1. The molecule has 0 aliphatic rings. The van der Waals surface area contributed by atoms with Gasteiger partial charge in [0.25, 0.3) is 0 Å². The van der Waals surface area contributed by atoms with E-state index in [1.54, 1.807) is 12.1 Å². The highest BCUT2D eigenvalue weighted by Crippen LogP contribution is 2.31. The van der Waals surface area contributed by atoms with Gasteiger partial charge in [0.05, 0.1) is 22.0 Å². The fourth-order valence-corrected chi connectivity index (χ4v) is 4.03. The van der Waals surface area contributed by atoms with Gasteiger partial charge in [0, 0.05) is 23.2 Å². The van der Waals surface area contributed by atoms with Crippen LogP contribution in [0.4, 0.5) is 0 Å². The molecule has 6 heteroatoms. The van der Waals surface area contributed by atoms with Gasteiger partial charge < -0.3 is 4.57 Å². The van der Waals surface area contributed by atoms with Crippen molar-refractivity contribution in [2.45, 2.75) is 31.7 Å². The number of hydrogen-bond acceptors (Lipinski definition) is 3. The Labute approximate surface area is 158 Å². The van der Waals surface area contributed by atoms with Crippen LogP contribution in [0.2, 0.25) is 0 Å². The first-order valence-electron chi connectivity index (χ1n) is 8.75. The Kier molecular flexibility index (Phi) is 4.05. The standard InChI is InChI=1S/C21H21N3O2S/c1-13-10-19-20(11-14(13)2)23-12-17-8-9-24(21(17)19)15(3)16-4-6-18(7-5-16)27(22,25)26/h4-12,15H,1-3H3,(H2,22,25,26)/t15-/m0/s1. The van der Waals surface area contributed by atoms with E-state index in [1.165, 1.54) is 11.1 Å². The minimum Gasteiger partial charge on any atom is -0.340 e. The molecule has 0 bridgehead atoms. The lowest BCUT2D eigenvalue weighted by molar-refractivity contribution is 0.597. The quantitative estimate of drug-likeness (QED) is 0.583. The third-order valence-electron chi connectivity index (χ3n) is 5.26. The van der Waals surface area contributed by atoms with Crippen LogP contribution in [0.15, 0.2) is 59.8 Å². The highest BCUT2D eigenvalue weighted by molar-refractivity contribution is 7.89. The smallest absolute Gasteiger partial charge is 0.238 e. The molecule has 0 unspecified atom stereocenters. The van der Waals surface area contributed by atoms with Crippen molar-refractivity contribution in [3.05, 3.63) is 71.5 Å². The number of aryl methyl sites for hydroxylation is 2. The first-order valence-corrected chi connectivity index (χ1v) is 10.3. The van der Waals surface area contributed by atoms with Crippen LogP contribution >= 0.6 is 0 Å². The molecular formula is C21H21N3O2S. The Morgan fingerprint density at radius 2 is 1.70 bits per heavy atom. The molecule has 27 heavy (non-hydrogen) atoms. The van der Waals surface area contributed by atoms with Crippen molar-refractivity contribution in [2.75, 3.05) is 0 Å². The van der Waals surface area contributed by atoms with Gasteiger partial charge in [-0.05, 0) is 67.8 Å². The number of rotatable bonds is 3. The number of sulfonamides is 1. The summed E-state index contributed by atoms with van der Waals surface area (Å²) in [6.45, 7) is 6.30. The maximum Gasteiger partial charge on any atom is 0.238 e. The van der Waals surface area contributed by atoms with Crippen LogP contribution < -0.4 is 5.14 Å². The van der Waals surface area contributed by atoms with Gasteiger partial charge in [-0.15, -0.1) is 0 Å². The lowest BCUT2D eigenvalue weighted by atomic mass is 10.0. The lowest BCUT2D eigenvalue weighted by Gasteiger charge is -2.17. The second-order valence-electron chi connectivity index (χ2n) is 7.03. The summed E-state index contributed by atoms with van der Waals surface area (Å²) in [6.07, 6.45) is 3.96. The van der Waals surface area contributed by atoms with E-state index in [1.807, 2.05) is 18.3 Å². The molecule has 0 fully saturated rings. The molecular weight excluding hydrogens is 358 g/mol. The molecule has 4 rings (SSSR count). The topological polar surface area (TPSA) is 78.0 Å². The van der Waals surface area contributed by atoms with E-state index >= 15 is 0 Å². The highest BCUT2D eigenvalue weighted by Gasteiger charge is 2.15. The molecule has 0 saturated heterocycles. The number of pyridine rings is 1. The number of benzene rings is 2. The Hall–Kier alpha value is -2.70. The molecule has 2 aromatic carbocycles. The highest BCUT2D eigenvalue weighted by atomic mass is 32.2. The number of nitrogens with two attached hydrogens (primary N) is 1. The van der Waals surface area contributed by atoms with Crippen LogP contribution in [0.25, 0.3) is 21.8 Å². The maximum absolute atomic E-state index is 11.5. The number of aromatic nitrogens is 2. The SMILES string of the molecule is Cc1cc2ncc3ccn([C@@H](C)c4ccc(S(N)(=O)=O)cc4)c3c2cc1C. The summed E-state index contributed by atoms with van der Waals surface area (Å²) in [7, 11) is -3.69. The van der Waals surface area contributed by atoms with Crippen molar-refractivity contribution in [1.82, 2.24) is 9.55 Å². The maximum atomic E-state index is 11.5. The van der Waals surface area contributed by atoms with Crippen LogP contribution in [0.1, 0.15) is 29.7 Å². The molecule has 0 spiro atoms. The summed E-state index contributed by atoms with van der Waals surface area (Å²) >= 11 is 0. The molecule has 2 aromatic heterocycles. The summed E-state index contributed by atoms with van der Waals surface area (Å²) < 4.78 is 25.2.